The van der Waals surface area contributed by atoms with E-state index in [1.807, 2.05) is 0 Å². The Hall–Kier alpha value is -0.870. The smallest absolute Gasteiger partial charge is 0.302 e. The van der Waals surface area contributed by atoms with Crippen molar-refractivity contribution < 1.29 is 19.0 Å². The SMILES string of the molecule is CC(=O)O[C@H]1C[C@@H]2O[C@H]3C=C(C)CC[C@@]3(C)[C@@]1(C)C21CO1. The second kappa shape index (κ2) is 3.90. The number of hydrogen-bond acceptors (Lipinski definition) is 4. The van der Waals surface area contributed by atoms with Crippen molar-refractivity contribution >= 4 is 5.97 Å². The highest BCUT2D eigenvalue weighted by Gasteiger charge is 2.81. The fourth-order valence-electron chi connectivity index (χ4n) is 5.22. The predicted molar refractivity (Wildman–Crippen MR) is 76.7 cm³/mol. The maximum absolute atomic E-state index is 11.6. The van der Waals surface area contributed by atoms with Crippen molar-refractivity contribution in [3.63, 3.8) is 0 Å². The topological polar surface area (TPSA) is 48.1 Å². The fraction of sp³-hybridized carbons (Fsp3) is 0.824. The molecule has 0 aromatic heterocycles. The summed E-state index contributed by atoms with van der Waals surface area (Å²) in [7, 11) is 0. The standard InChI is InChI=1S/C17H24O4/c1-10-5-6-15(3)12(7-10)21-14-8-13(20-11(2)18)16(15,4)17(14)9-19-17/h7,12-14H,5-6,8-9H2,1-4H3/t12-,13-,14-,15+,16-,17?/m0/s1. The van der Waals surface area contributed by atoms with Gasteiger partial charge in [0.25, 0.3) is 0 Å². The molecule has 0 N–H and O–H groups in total. The highest BCUT2D eigenvalue weighted by atomic mass is 16.6. The molecular formula is C17H24O4. The average Bonchev–Trinajstić information content (AvgIpc) is 3.16. The lowest BCUT2D eigenvalue weighted by atomic mass is 9.52. The van der Waals surface area contributed by atoms with Crippen molar-refractivity contribution in [2.45, 2.75) is 70.9 Å². The van der Waals surface area contributed by atoms with Crippen LogP contribution in [0.4, 0.5) is 0 Å². The monoisotopic (exact) mass is 292 g/mol. The van der Waals surface area contributed by atoms with E-state index in [1.165, 1.54) is 12.5 Å². The van der Waals surface area contributed by atoms with Crippen LogP contribution in [-0.2, 0) is 19.0 Å². The number of hydrogen-bond donors (Lipinski definition) is 0. The molecule has 1 spiro atoms. The number of epoxide rings is 1. The number of fused-ring (bicyclic) bond motifs is 2. The summed E-state index contributed by atoms with van der Waals surface area (Å²) in [6, 6.07) is 0. The highest BCUT2D eigenvalue weighted by Crippen LogP contribution is 2.71. The van der Waals surface area contributed by atoms with Gasteiger partial charge in [-0.1, -0.05) is 25.5 Å². The first-order valence-corrected chi connectivity index (χ1v) is 7.97. The molecule has 116 valence electrons. The minimum atomic E-state index is -0.239. The zero-order valence-electron chi connectivity index (χ0n) is 13.3. The van der Waals surface area contributed by atoms with E-state index in [2.05, 4.69) is 26.8 Å². The van der Waals surface area contributed by atoms with Crippen LogP contribution in [0.3, 0.4) is 0 Å². The van der Waals surface area contributed by atoms with E-state index in [0.717, 1.165) is 25.9 Å². The molecule has 2 saturated heterocycles. The first-order valence-electron chi connectivity index (χ1n) is 7.97. The van der Waals surface area contributed by atoms with Gasteiger partial charge in [0, 0.05) is 24.2 Å². The zero-order chi connectivity index (χ0) is 15.0. The molecule has 4 nitrogen and oxygen atoms in total. The molecule has 2 aliphatic carbocycles. The Morgan fingerprint density at radius 2 is 2.14 bits per heavy atom. The summed E-state index contributed by atoms with van der Waals surface area (Å²) in [6.07, 6.45) is 5.23. The van der Waals surface area contributed by atoms with E-state index in [1.54, 1.807) is 0 Å². The maximum atomic E-state index is 11.6. The van der Waals surface area contributed by atoms with Crippen molar-refractivity contribution in [2.75, 3.05) is 6.61 Å². The Morgan fingerprint density at radius 3 is 2.76 bits per heavy atom. The third-order valence-corrected chi connectivity index (χ3v) is 6.83. The largest absolute Gasteiger partial charge is 0.462 e. The van der Waals surface area contributed by atoms with Crippen LogP contribution in [0.1, 0.15) is 47.0 Å². The van der Waals surface area contributed by atoms with Gasteiger partial charge >= 0.3 is 5.97 Å². The van der Waals surface area contributed by atoms with Gasteiger partial charge in [0.2, 0.25) is 0 Å². The van der Waals surface area contributed by atoms with Crippen molar-refractivity contribution in [1.29, 1.82) is 0 Å². The van der Waals surface area contributed by atoms with Crippen molar-refractivity contribution in [3.05, 3.63) is 11.6 Å². The van der Waals surface area contributed by atoms with Crippen molar-refractivity contribution in [2.24, 2.45) is 10.8 Å². The Labute approximate surface area is 125 Å². The fourth-order valence-corrected chi connectivity index (χ4v) is 5.22. The van der Waals surface area contributed by atoms with E-state index in [0.29, 0.717) is 0 Å². The molecular weight excluding hydrogens is 268 g/mol. The van der Waals surface area contributed by atoms with Crippen LogP contribution in [0, 0.1) is 10.8 Å². The Morgan fingerprint density at radius 1 is 1.43 bits per heavy atom. The third kappa shape index (κ3) is 1.45. The van der Waals surface area contributed by atoms with Crippen LogP contribution < -0.4 is 0 Å². The molecule has 2 aliphatic heterocycles. The van der Waals surface area contributed by atoms with Gasteiger partial charge in [-0.3, -0.25) is 4.79 Å². The van der Waals surface area contributed by atoms with Gasteiger partial charge in [-0.25, -0.2) is 0 Å². The van der Waals surface area contributed by atoms with Gasteiger partial charge in [-0.05, 0) is 19.8 Å². The second-order valence-electron chi connectivity index (χ2n) is 7.69. The number of allylic oxidation sites excluding steroid dienone is 1. The van der Waals surface area contributed by atoms with Crippen LogP contribution in [-0.4, -0.2) is 36.5 Å². The lowest BCUT2D eigenvalue weighted by molar-refractivity contribution is -0.210. The number of carbonyl (C=O) groups excluding carboxylic acids is 1. The number of esters is 1. The molecule has 3 fully saturated rings. The Bertz CT molecular complexity index is 535. The Kier molecular flexibility index (Phi) is 2.56. The number of ether oxygens (including phenoxy) is 3. The summed E-state index contributed by atoms with van der Waals surface area (Å²) in [5.41, 5.74) is 0.946. The van der Waals surface area contributed by atoms with Crippen LogP contribution in [0.5, 0.6) is 0 Å². The van der Waals surface area contributed by atoms with Gasteiger partial charge in [0.05, 0.1) is 18.8 Å². The molecule has 4 heteroatoms. The van der Waals surface area contributed by atoms with E-state index in [9.17, 15) is 4.79 Å². The molecule has 4 aliphatic rings. The summed E-state index contributed by atoms with van der Waals surface area (Å²) in [6.45, 7) is 8.96. The van der Waals surface area contributed by atoms with E-state index < -0.39 is 0 Å². The summed E-state index contributed by atoms with van der Waals surface area (Å²) < 4.78 is 18.1. The summed E-state index contributed by atoms with van der Waals surface area (Å²) in [4.78, 5) is 11.6. The molecule has 0 aromatic rings. The van der Waals surface area contributed by atoms with Crippen LogP contribution in [0.25, 0.3) is 0 Å². The van der Waals surface area contributed by atoms with E-state index >= 15 is 0 Å². The average molecular weight is 292 g/mol. The molecule has 2 heterocycles. The molecule has 6 atom stereocenters. The zero-order valence-corrected chi connectivity index (χ0v) is 13.3. The van der Waals surface area contributed by atoms with Crippen LogP contribution in [0.15, 0.2) is 11.6 Å². The minimum Gasteiger partial charge on any atom is -0.462 e. The molecule has 21 heavy (non-hydrogen) atoms. The maximum Gasteiger partial charge on any atom is 0.302 e. The summed E-state index contributed by atoms with van der Waals surface area (Å²) >= 11 is 0. The predicted octanol–water partition coefficient (Wildman–Crippen LogP) is 2.61. The molecule has 0 radical (unpaired) electrons. The van der Waals surface area contributed by atoms with Crippen LogP contribution in [0.2, 0.25) is 0 Å². The Balaban J connectivity index is 1.82. The third-order valence-electron chi connectivity index (χ3n) is 6.83. The van der Waals surface area contributed by atoms with Gasteiger partial charge in [0.15, 0.2) is 0 Å². The van der Waals surface area contributed by atoms with Gasteiger partial charge < -0.3 is 14.2 Å². The van der Waals surface area contributed by atoms with Gasteiger partial charge in [-0.2, -0.15) is 0 Å². The lowest BCUT2D eigenvalue weighted by Crippen LogP contribution is -2.63. The first kappa shape index (κ1) is 13.8. The molecule has 1 saturated carbocycles. The number of carbonyl (C=O) groups is 1. The van der Waals surface area contributed by atoms with E-state index in [-0.39, 0.29) is 40.7 Å². The molecule has 4 rings (SSSR count). The van der Waals surface area contributed by atoms with Crippen LogP contribution >= 0.6 is 0 Å². The summed E-state index contributed by atoms with van der Waals surface area (Å²) in [5.74, 6) is -0.202. The van der Waals surface area contributed by atoms with Gasteiger partial charge in [-0.15, -0.1) is 0 Å². The van der Waals surface area contributed by atoms with E-state index in [4.69, 9.17) is 14.2 Å². The quantitative estimate of drug-likeness (QED) is 0.423. The number of rotatable bonds is 1. The van der Waals surface area contributed by atoms with Crippen molar-refractivity contribution in [3.8, 4) is 0 Å². The first-order chi connectivity index (χ1) is 9.83. The minimum absolute atomic E-state index is 0.0455. The second-order valence-corrected chi connectivity index (χ2v) is 7.69. The molecule has 2 bridgehead atoms. The molecule has 1 unspecified atom stereocenters. The van der Waals surface area contributed by atoms with Crippen molar-refractivity contribution in [1.82, 2.24) is 0 Å². The molecule has 0 aromatic carbocycles. The lowest BCUT2D eigenvalue weighted by Gasteiger charge is -2.57. The van der Waals surface area contributed by atoms with Gasteiger partial charge in [0.1, 0.15) is 11.7 Å². The normalized spacial score (nSPS) is 54.1. The molecule has 0 amide bonds. The highest BCUT2D eigenvalue weighted by molar-refractivity contribution is 5.66. The summed E-state index contributed by atoms with van der Waals surface area (Å²) in [5, 5.41) is 0.